The number of nitrogens with zero attached hydrogens (tertiary/aromatic N) is 1. The van der Waals surface area contributed by atoms with Crippen LogP contribution in [0.4, 0.5) is 14.9 Å². The molecule has 38 heavy (non-hydrogen) atoms. The zero-order valence-electron chi connectivity index (χ0n) is 21.3. The fraction of sp³-hybridized carbons (Fsp3) is 0.241. The van der Waals surface area contributed by atoms with Crippen LogP contribution >= 0.6 is 0 Å². The standard InChI is InChI=1S/C29H28FN3O5/c1-17(2)37-25-16-23-26(28-27(25)35-14-15-36-28)24(12-13-31-23)38-22-10-8-21(9-11-22)33-29(34)32-18(3)19-4-6-20(30)7-5-19/h4-13,16-18H,14-15H2,1-3H3,(H2,32,33,34)/t18-/m0/s1. The number of anilines is 1. The second-order valence-electron chi connectivity index (χ2n) is 9.10. The Bertz CT molecular complexity index is 1440. The first kappa shape index (κ1) is 25.1. The zero-order chi connectivity index (χ0) is 26.6. The van der Waals surface area contributed by atoms with Crippen LogP contribution in [0.3, 0.4) is 0 Å². The van der Waals surface area contributed by atoms with E-state index >= 15 is 0 Å². The van der Waals surface area contributed by atoms with E-state index in [1.807, 2.05) is 26.8 Å². The van der Waals surface area contributed by atoms with Crippen molar-refractivity contribution in [2.24, 2.45) is 0 Å². The quantitative estimate of drug-likeness (QED) is 0.287. The van der Waals surface area contributed by atoms with Crippen LogP contribution in [0.25, 0.3) is 10.9 Å². The van der Waals surface area contributed by atoms with Crippen molar-refractivity contribution in [3.8, 4) is 28.7 Å². The number of halogens is 1. The molecule has 2 amide bonds. The van der Waals surface area contributed by atoms with Crippen molar-refractivity contribution in [1.82, 2.24) is 10.3 Å². The number of rotatable bonds is 7. The average Bonchev–Trinajstić information content (AvgIpc) is 2.90. The highest BCUT2D eigenvalue weighted by Gasteiger charge is 2.25. The molecule has 0 saturated heterocycles. The van der Waals surface area contributed by atoms with E-state index in [1.54, 1.807) is 48.7 Å². The van der Waals surface area contributed by atoms with Gasteiger partial charge >= 0.3 is 6.03 Å². The van der Waals surface area contributed by atoms with Gasteiger partial charge in [0, 0.05) is 18.0 Å². The maximum atomic E-state index is 13.1. The highest BCUT2D eigenvalue weighted by Crippen LogP contribution is 2.48. The predicted octanol–water partition coefficient (Wildman–Crippen LogP) is 6.61. The maximum absolute atomic E-state index is 13.1. The molecule has 8 nitrogen and oxygen atoms in total. The van der Waals surface area contributed by atoms with Crippen molar-refractivity contribution >= 4 is 22.6 Å². The number of hydrogen-bond donors (Lipinski definition) is 2. The Morgan fingerprint density at radius 1 is 0.947 bits per heavy atom. The van der Waals surface area contributed by atoms with Crippen LogP contribution in [0.15, 0.2) is 66.9 Å². The summed E-state index contributed by atoms with van der Waals surface area (Å²) in [6, 6.07) is 15.9. The second-order valence-corrected chi connectivity index (χ2v) is 9.10. The molecule has 196 valence electrons. The summed E-state index contributed by atoms with van der Waals surface area (Å²) < 4.78 is 37.1. The molecule has 1 atom stereocenters. The second kappa shape index (κ2) is 10.8. The van der Waals surface area contributed by atoms with E-state index in [2.05, 4.69) is 15.6 Å². The minimum absolute atomic E-state index is 0.0400. The molecule has 1 aliphatic heterocycles. The number of hydrogen-bond acceptors (Lipinski definition) is 6. The smallest absolute Gasteiger partial charge is 0.319 e. The number of nitrogens with one attached hydrogen (secondary N) is 2. The fourth-order valence-corrected chi connectivity index (χ4v) is 4.13. The first-order valence-electron chi connectivity index (χ1n) is 12.4. The number of carbonyl (C=O) groups excluding carboxylic acids is 1. The van der Waals surface area contributed by atoms with Gasteiger partial charge in [0.2, 0.25) is 5.75 Å². The number of carbonyl (C=O) groups is 1. The monoisotopic (exact) mass is 517 g/mol. The lowest BCUT2D eigenvalue weighted by Crippen LogP contribution is -2.31. The van der Waals surface area contributed by atoms with Gasteiger partial charge in [-0.1, -0.05) is 12.1 Å². The van der Waals surface area contributed by atoms with Crippen molar-refractivity contribution < 1.29 is 28.1 Å². The SMILES string of the molecule is CC(C)Oc1cc2nccc(Oc3ccc(NC(=O)N[C@@H](C)c4ccc(F)cc4)cc3)c2c2c1OCCO2. The summed E-state index contributed by atoms with van der Waals surface area (Å²) in [6.45, 7) is 6.55. The van der Waals surface area contributed by atoms with Gasteiger partial charge in [-0.3, -0.25) is 4.98 Å². The molecule has 0 radical (unpaired) electrons. The van der Waals surface area contributed by atoms with Gasteiger partial charge in [-0.05, 0) is 68.8 Å². The van der Waals surface area contributed by atoms with Gasteiger partial charge < -0.3 is 29.6 Å². The lowest BCUT2D eigenvalue weighted by atomic mass is 10.1. The van der Waals surface area contributed by atoms with Crippen molar-refractivity contribution in [1.29, 1.82) is 0 Å². The third-order valence-electron chi connectivity index (χ3n) is 5.86. The number of ether oxygens (including phenoxy) is 4. The van der Waals surface area contributed by atoms with Gasteiger partial charge in [-0.15, -0.1) is 0 Å². The van der Waals surface area contributed by atoms with E-state index < -0.39 is 0 Å². The molecule has 0 saturated carbocycles. The van der Waals surface area contributed by atoms with Gasteiger partial charge in [0.1, 0.15) is 30.5 Å². The summed E-state index contributed by atoms with van der Waals surface area (Å²) in [6.07, 6.45) is 1.62. The van der Waals surface area contributed by atoms with Crippen LogP contribution in [-0.2, 0) is 0 Å². The Balaban J connectivity index is 1.31. The molecular weight excluding hydrogens is 489 g/mol. The molecule has 0 spiro atoms. The Morgan fingerprint density at radius 3 is 2.37 bits per heavy atom. The Morgan fingerprint density at radius 2 is 1.66 bits per heavy atom. The summed E-state index contributed by atoms with van der Waals surface area (Å²) in [7, 11) is 0. The van der Waals surface area contributed by atoms with E-state index in [1.165, 1.54) is 12.1 Å². The Labute approximate surface area is 219 Å². The molecular formula is C29H28FN3O5. The predicted molar refractivity (Wildman–Crippen MR) is 142 cm³/mol. The van der Waals surface area contributed by atoms with Crippen molar-refractivity contribution in [3.05, 3.63) is 78.2 Å². The maximum Gasteiger partial charge on any atom is 0.319 e. The largest absolute Gasteiger partial charge is 0.487 e. The van der Waals surface area contributed by atoms with Gasteiger partial charge in [-0.2, -0.15) is 0 Å². The van der Waals surface area contributed by atoms with E-state index in [-0.39, 0.29) is 24.0 Å². The normalized spacial score (nSPS) is 13.2. The molecule has 0 fully saturated rings. The Hall–Kier alpha value is -4.53. The zero-order valence-corrected chi connectivity index (χ0v) is 21.3. The molecule has 0 bridgehead atoms. The summed E-state index contributed by atoms with van der Waals surface area (Å²) in [4.78, 5) is 16.9. The summed E-state index contributed by atoms with van der Waals surface area (Å²) in [5.41, 5.74) is 2.05. The van der Waals surface area contributed by atoms with Crippen LogP contribution in [-0.4, -0.2) is 30.3 Å². The van der Waals surface area contributed by atoms with Crippen molar-refractivity contribution in [2.75, 3.05) is 18.5 Å². The molecule has 4 aromatic rings. The lowest BCUT2D eigenvalue weighted by molar-refractivity contribution is 0.157. The summed E-state index contributed by atoms with van der Waals surface area (Å²) in [5, 5.41) is 6.32. The Kier molecular flexibility index (Phi) is 7.17. The first-order valence-corrected chi connectivity index (χ1v) is 12.4. The fourth-order valence-electron chi connectivity index (χ4n) is 4.13. The van der Waals surface area contributed by atoms with Crippen LogP contribution in [0, 0.1) is 5.82 Å². The molecule has 2 heterocycles. The molecule has 5 rings (SSSR count). The highest BCUT2D eigenvalue weighted by atomic mass is 19.1. The minimum Gasteiger partial charge on any atom is -0.487 e. The van der Waals surface area contributed by atoms with Crippen LogP contribution in [0.5, 0.6) is 28.7 Å². The average molecular weight is 518 g/mol. The minimum atomic E-state index is -0.376. The summed E-state index contributed by atoms with van der Waals surface area (Å²) >= 11 is 0. The van der Waals surface area contributed by atoms with E-state index in [0.29, 0.717) is 58.6 Å². The molecule has 0 unspecified atom stereocenters. The number of pyridine rings is 1. The third kappa shape index (κ3) is 5.56. The molecule has 1 aromatic heterocycles. The third-order valence-corrected chi connectivity index (χ3v) is 5.86. The van der Waals surface area contributed by atoms with E-state index in [4.69, 9.17) is 18.9 Å². The topological polar surface area (TPSA) is 90.9 Å². The summed E-state index contributed by atoms with van der Waals surface area (Å²) in [5.74, 6) is 2.46. The van der Waals surface area contributed by atoms with Gasteiger partial charge in [0.05, 0.1) is 23.0 Å². The van der Waals surface area contributed by atoms with E-state index in [9.17, 15) is 9.18 Å². The van der Waals surface area contributed by atoms with Crippen LogP contribution in [0.2, 0.25) is 0 Å². The van der Waals surface area contributed by atoms with Crippen molar-refractivity contribution in [3.63, 3.8) is 0 Å². The number of fused-ring (bicyclic) bond motifs is 3. The lowest BCUT2D eigenvalue weighted by Gasteiger charge is -2.24. The van der Waals surface area contributed by atoms with Crippen LogP contribution < -0.4 is 29.6 Å². The van der Waals surface area contributed by atoms with Gasteiger partial charge in [-0.25, -0.2) is 9.18 Å². The van der Waals surface area contributed by atoms with Gasteiger partial charge in [0.15, 0.2) is 11.5 Å². The number of urea groups is 1. The first-order chi connectivity index (χ1) is 18.4. The molecule has 1 aliphatic rings. The van der Waals surface area contributed by atoms with Crippen molar-refractivity contribution in [2.45, 2.75) is 32.9 Å². The molecule has 3 aromatic carbocycles. The highest BCUT2D eigenvalue weighted by molar-refractivity contribution is 5.95. The molecule has 0 aliphatic carbocycles. The number of amides is 2. The van der Waals surface area contributed by atoms with Gasteiger partial charge in [0.25, 0.3) is 0 Å². The number of aromatic nitrogens is 1. The molecule has 9 heteroatoms. The molecule has 2 N–H and O–H groups in total. The van der Waals surface area contributed by atoms with E-state index in [0.717, 1.165) is 5.56 Å². The number of benzene rings is 3. The van der Waals surface area contributed by atoms with Crippen LogP contribution in [0.1, 0.15) is 32.4 Å².